The number of carbonyl (C=O) groups is 3. The van der Waals surface area contributed by atoms with Crippen LogP contribution in [0.15, 0.2) is 91.0 Å². The number of methoxy groups -OCH3 is 3. The monoisotopic (exact) mass is 585 g/mol. The van der Waals surface area contributed by atoms with Gasteiger partial charge in [0.15, 0.2) is 28.8 Å². The van der Waals surface area contributed by atoms with E-state index in [4.69, 9.17) is 14.2 Å². The molecule has 3 atom stereocenters. The Morgan fingerprint density at radius 1 is 0.773 bits per heavy atom. The predicted molar refractivity (Wildman–Crippen MR) is 167 cm³/mol. The maximum atomic E-state index is 14.9. The van der Waals surface area contributed by atoms with Crippen LogP contribution < -0.4 is 19.1 Å². The van der Waals surface area contributed by atoms with E-state index in [1.807, 2.05) is 42.2 Å². The molecule has 1 fully saturated rings. The SMILES string of the molecule is COc1cccc(C(=O)[C@@H]2[C@@H](c3ccc(OC)c(OC)c3)C3(C(=O)c4ccccc4C3=O)[C@H]3C=Cc4cc(C)ccc4N23)c1. The summed E-state index contributed by atoms with van der Waals surface area (Å²) < 4.78 is 16.7. The van der Waals surface area contributed by atoms with Crippen molar-refractivity contribution in [3.63, 3.8) is 0 Å². The van der Waals surface area contributed by atoms with Crippen LogP contribution >= 0.6 is 0 Å². The third-order valence-corrected chi connectivity index (χ3v) is 9.35. The Labute approximate surface area is 255 Å². The van der Waals surface area contributed by atoms with Crippen LogP contribution in [0, 0.1) is 12.3 Å². The zero-order valence-corrected chi connectivity index (χ0v) is 24.9. The minimum atomic E-state index is -1.61. The molecule has 0 radical (unpaired) electrons. The van der Waals surface area contributed by atoms with Gasteiger partial charge in [-0.2, -0.15) is 0 Å². The van der Waals surface area contributed by atoms with E-state index in [-0.39, 0.29) is 17.3 Å². The summed E-state index contributed by atoms with van der Waals surface area (Å²) in [6.07, 6.45) is 3.90. The van der Waals surface area contributed by atoms with Crippen molar-refractivity contribution in [2.75, 3.05) is 26.2 Å². The Morgan fingerprint density at radius 3 is 2.18 bits per heavy atom. The molecule has 4 aromatic carbocycles. The lowest BCUT2D eigenvalue weighted by Gasteiger charge is -2.37. The number of rotatable bonds is 6. The molecule has 7 nitrogen and oxygen atoms in total. The Balaban J connectivity index is 1.55. The molecule has 0 saturated carbocycles. The molecule has 0 bridgehead atoms. The summed E-state index contributed by atoms with van der Waals surface area (Å²) in [5.41, 5.74) is 2.98. The van der Waals surface area contributed by atoms with E-state index in [9.17, 15) is 14.4 Å². The van der Waals surface area contributed by atoms with Crippen molar-refractivity contribution in [2.45, 2.75) is 24.9 Å². The molecule has 3 aliphatic rings. The van der Waals surface area contributed by atoms with E-state index in [0.29, 0.717) is 39.5 Å². The predicted octanol–water partition coefficient (Wildman–Crippen LogP) is 6.34. The van der Waals surface area contributed by atoms with Gasteiger partial charge < -0.3 is 19.1 Å². The zero-order valence-electron chi connectivity index (χ0n) is 24.9. The molecule has 1 saturated heterocycles. The fourth-order valence-electron chi connectivity index (χ4n) is 7.46. The third kappa shape index (κ3) is 3.71. The van der Waals surface area contributed by atoms with Crippen LogP contribution in [0.3, 0.4) is 0 Å². The number of fused-ring (bicyclic) bond motifs is 5. The average Bonchev–Trinajstić information content (AvgIpc) is 3.49. The number of aryl methyl sites for hydroxylation is 1. The summed E-state index contributed by atoms with van der Waals surface area (Å²) >= 11 is 0. The van der Waals surface area contributed by atoms with Gasteiger partial charge in [-0.05, 0) is 54.4 Å². The normalized spacial score (nSPS) is 20.7. The molecule has 2 heterocycles. The van der Waals surface area contributed by atoms with E-state index in [1.165, 1.54) is 7.11 Å². The highest BCUT2D eigenvalue weighted by Gasteiger charge is 2.71. The Bertz CT molecular complexity index is 1860. The Morgan fingerprint density at radius 2 is 1.50 bits per heavy atom. The molecule has 0 aromatic heterocycles. The van der Waals surface area contributed by atoms with Crippen molar-refractivity contribution in [3.8, 4) is 17.2 Å². The molecular weight excluding hydrogens is 554 g/mol. The number of Topliss-reactive ketones (excluding diaryl/α,β-unsaturated/α-hetero) is 3. The van der Waals surface area contributed by atoms with E-state index in [0.717, 1.165) is 16.8 Å². The highest BCUT2D eigenvalue weighted by atomic mass is 16.5. The number of anilines is 1. The van der Waals surface area contributed by atoms with Crippen LogP contribution in [0.5, 0.6) is 17.2 Å². The molecule has 7 heteroatoms. The van der Waals surface area contributed by atoms with E-state index < -0.39 is 23.4 Å². The lowest BCUT2D eigenvalue weighted by atomic mass is 9.64. The maximum absolute atomic E-state index is 14.9. The summed E-state index contributed by atoms with van der Waals surface area (Å²) in [7, 11) is 4.64. The number of hydrogen-bond acceptors (Lipinski definition) is 7. The first-order valence-electron chi connectivity index (χ1n) is 14.5. The van der Waals surface area contributed by atoms with Crippen molar-refractivity contribution < 1.29 is 28.6 Å². The maximum Gasteiger partial charge on any atom is 0.186 e. The number of nitrogens with zero attached hydrogens (tertiary/aromatic N) is 1. The molecule has 4 aromatic rings. The van der Waals surface area contributed by atoms with Gasteiger partial charge in [-0.25, -0.2) is 0 Å². The van der Waals surface area contributed by atoms with Gasteiger partial charge in [0.2, 0.25) is 0 Å². The quantitative estimate of drug-likeness (QED) is 0.193. The molecule has 220 valence electrons. The number of carbonyl (C=O) groups excluding carboxylic acids is 3. The third-order valence-electron chi connectivity index (χ3n) is 9.35. The zero-order chi connectivity index (χ0) is 30.7. The van der Waals surface area contributed by atoms with Crippen molar-refractivity contribution in [2.24, 2.45) is 5.41 Å². The minimum Gasteiger partial charge on any atom is -0.497 e. The summed E-state index contributed by atoms with van der Waals surface area (Å²) in [5, 5.41) is 0. The van der Waals surface area contributed by atoms with Crippen LogP contribution in [-0.2, 0) is 0 Å². The Kier molecular flexibility index (Phi) is 6.43. The number of benzene rings is 4. The molecule has 7 rings (SSSR count). The average molecular weight is 586 g/mol. The molecule has 44 heavy (non-hydrogen) atoms. The van der Waals surface area contributed by atoms with E-state index >= 15 is 0 Å². The van der Waals surface area contributed by atoms with Gasteiger partial charge in [0, 0.05) is 28.3 Å². The highest BCUT2D eigenvalue weighted by molar-refractivity contribution is 6.32. The summed E-state index contributed by atoms with van der Waals surface area (Å²) in [5.74, 6) is -0.163. The summed E-state index contributed by atoms with van der Waals surface area (Å²) in [4.78, 5) is 46.6. The van der Waals surface area contributed by atoms with Gasteiger partial charge in [-0.15, -0.1) is 0 Å². The van der Waals surface area contributed by atoms with Crippen molar-refractivity contribution in [1.82, 2.24) is 0 Å². The highest BCUT2D eigenvalue weighted by Crippen LogP contribution is 2.61. The second kappa shape index (κ2) is 10.2. The van der Waals surface area contributed by atoms with E-state index in [1.54, 1.807) is 74.9 Å². The lowest BCUT2D eigenvalue weighted by Crippen LogP contribution is -2.48. The minimum absolute atomic E-state index is 0.219. The van der Waals surface area contributed by atoms with Gasteiger partial charge in [0.05, 0.1) is 27.4 Å². The molecular formula is C37H31NO6. The smallest absolute Gasteiger partial charge is 0.186 e. The molecule has 2 aliphatic heterocycles. The fourth-order valence-corrected chi connectivity index (χ4v) is 7.46. The van der Waals surface area contributed by atoms with E-state index in [2.05, 4.69) is 6.07 Å². The standard InChI is InChI=1S/C37H31NO6/c1-21-12-15-28-22(18-21)14-17-31-37(35(40)26-10-5-6-11-27(26)36(37)41)32(23-13-16-29(43-3)30(20-23)44-4)33(38(28)31)34(39)24-8-7-9-25(19-24)42-2/h5-20,31-33H,1-4H3/t31-,32-,33+/m1/s1. The van der Waals surface area contributed by atoms with Crippen molar-refractivity contribution >= 4 is 29.1 Å². The van der Waals surface area contributed by atoms with Gasteiger partial charge >= 0.3 is 0 Å². The molecule has 0 unspecified atom stereocenters. The first-order valence-corrected chi connectivity index (χ1v) is 14.5. The first kappa shape index (κ1) is 27.7. The summed E-state index contributed by atoms with van der Waals surface area (Å²) in [6, 6.07) is 23.7. The second-order valence-corrected chi connectivity index (χ2v) is 11.5. The van der Waals surface area contributed by atoms with Crippen LogP contribution in [0.25, 0.3) is 6.08 Å². The molecule has 1 aliphatic carbocycles. The number of ketones is 3. The van der Waals surface area contributed by atoms with Crippen LogP contribution in [0.1, 0.15) is 53.7 Å². The van der Waals surface area contributed by atoms with Crippen LogP contribution in [-0.4, -0.2) is 50.8 Å². The molecule has 0 amide bonds. The van der Waals surface area contributed by atoms with Gasteiger partial charge in [0.25, 0.3) is 0 Å². The van der Waals surface area contributed by atoms with Gasteiger partial charge in [-0.3, -0.25) is 14.4 Å². The molecule has 1 spiro atoms. The Hall–Kier alpha value is -5.17. The molecule has 0 N–H and O–H groups in total. The number of ether oxygens (including phenoxy) is 3. The van der Waals surface area contributed by atoms with Gasteiger partial charge in [0.1, 0.15) is 17.2 Å². The lowest BCUT2D eigenvalue weighted by molar-refractivity contribution is 0.0665. The number of hydrogen-bond donors (Lipinski definition) is 0. The fraction of sp³-hybridized carbons (Fsp3) is 0.216. The first-order chi connectivity index (χ1) is 21.3. The van der Waals surface area contributed by atoms with Crippen LogP contribution in [0.4, 0.5) is 5.69 Å². The van der Waals surface area contributed by atoms with Gasteiger partial charge in [-0.1, -0.05) is 66.2 Å². The van der Waals surface area contributed by atoms with Crippen molar-refractivity contribution in [1.29, 1.82) is 0 Å². The van der Waals surface area contributed by atoms with Crippen molar-refractivity contribution in [3.05, 3.63) is 124 Å². The largest absolute Gasteiger partial charge is 0.497 e. The summed E-state index contributed by atoms with van der Waals surface area (Å²) in [6.45, 7) is 2.01. The second-order valence-electron chi connectivity index (χ2n) is 11.5. The van der Waals surface area contributed by atoms with Crippen LogP contribution in [0.2, 0.25) is 0 Å². The topological polar surface area (TPSA) is 82.1 Å².